The van der Waals surface area contributed by atoms with E-state index in [1.807, 2.05) is 29.6 Å². The minimum atomic E-state index is -0.270. The Hall–Kier alpha value is -2.40. The highest BCUT2D eigenvalue weighted by molar-refractivity contribution is 7.07. The summed E-state index contributed by atoms with van der Waals surface area (Å²) in [5, 5.41) is 16.6. The lowest BCUT2D eigenvalue weighted by atomic mass is 10.1. The molecule has 5 heteroatoms. The van der Waals surface area contributed by atoms with Gasteiger partial charge in [0, 0.05) is 18.3 Å². The van der Waals surface area contributed by atoms with Crippen LogP contribution in [-0.2, 0) is 6.42 Å². The molecular weight excluding hydrogens is 284 g/mol. The van der Waals surface area contributed by atoms with E-state index in [9.17, 15) is 9.90 Å². The van der Waals surface area contributed by atoms with Crippen molar-refractivity contribution in [1.82, 2.24) is 10.3 Å². The number of fused-ring (bicyclic) bond motifs is 1. The van der Waals surface area contributed by atoms with Crippen molar-refractivity contribution in [3.05, 3.63) is 58.5 Å². The van der Waals surface area contributed by atoms with Crippen molar-refractivity contribution >= 4 is 28.0 Å². The second-order valence-corrected chi connectivity index (χ2v) is 5.42. The van der Waals surface area contributed by atoms with Gasteiger partial charge in [-0.05, 0) is 22.9 Å². The Kier molecular flexibility index (Phi) is 3.83. The summed E-state index contributed by atoms with van der Waals surface area (Å²) in [5.74, 6) is -0.270. The largest absolute Gasteiger partial charge is 0.507 e. The van der Waals surface area contributed by atoms with Gasteiger partial charge in [0.25, 0.3) is 5.91 Å². The highest BCUT2D eigenvalue weighted by Crippen LogP contribution is 2.24. The Morgan fingerprint density at radius 2 is 2.00 bits per heavy atom. The number of carbonyl (C=O) groups excluding carboxylic acids is 1. The third-order valence-corrected chi connectivity index (χ3v) is 3.89. The lowest BCUT2D eigenvalue weighted by molar-refractivity contribution is 0.0951. The first kappa shape index (κ1) is 13.6. The number of hydrogen-bond donors (Lipinski definition) is 2. The van der Waals surface area contributed by atoms with E-state index in [0.29, 0.717) is 18.5 Å². The number of carbonyl (C=O) groups is 1. The predicted octanol–water partition coefficient (Wildman–Crippen LogP) is 2.97. The number of thiazole rings is 1. The molecule has 2 N–H and O–H groups in total. The van der Waals surface area contributed by atoms with E-state index in [2.05, 4.69) is 10.3 Å². The molecule has 106 valence electrons. The molecule has 0 aliphatic heterocycles. The van der Waals surface area contributed by atoms with E-state index in [4.69, 9.17) is 0 Å². The van der Waals surface area contributed by atoms with Crippen LogP contribution in [0.4, 0.5) is 0 Å². The maximum atomic E-state index is 12.1. The van der Waals surface area contributed by atoms with Gasteiger partial charge in [0.15, 0.2) is 0 Å². The minimum absolute atomic E-state index is 0.000131. The molecule has 1 heterocycles. The molecule has 3 rings (SSSR count). The van der Waals surface area contributed by atoms with Crippen LogP contribution in [0.3, 0.4) is 0 Å². The summed E-state index contributed by atoms with van der Waals surface area (Å²) in [5.41, 5.74) is 3.03. The van der Waals surface area contributed by atoms with E-state index >= 15 is 0 Å². The monoisotopic (exact) mass is 298 g/mol. The smallest absolute Gasteiger partial charge is 0.255 e. The summed E-state index contributed by atoms with van der Waals surface area (Å²) < 4.78 is 0. The molecule has 0 fully saturated rings. The fourth-order valence-corrected chi connectivity index (χ4v) is 2.76. The van der Waals surface area contributed by atoms with Crippen molar-refractivity contribution in [2.75, 3.05) is 6.54 Å². The molecule has 2 aromatic carbocycles. The minimum Gasteiger partial charge on any atom is -0.507 e. The molecule has 0 saturated heterocycles. The van der Waals surface area contributed by atoms with Gasteiger partial charge >= 0.3 is 0 Å². The topological polar surface area (TPSA) is 62.2 Å². The zero-order chi connectivity index (χ0) is 14.7. The number of rotatable bonds is 4. The molecule has 1 aromatic heterocycles. The Bertz CT molecular complexity index is 769. The third-order valence-electron chi connectivity index (χ3n) is 3.26. The van der Waals surface area contributed by atoms with Crippen molar-refractivity contribution in [2.24, 2.45) is 0 Å². The molecule has 4 nitrogen and oxygen atoms in total. The molecule has 0 saturated carbocycles. The lowest BCUT2D eigenvalue weighted by Crippen LogP contribution is -2.25. The van der Waals surface area contributed by atoms with E-state index in [0.717, 1.165) is 16.5 Å². The van der Waals surface area contributed by atoms with Crippen LogP contribution in [0.25, 0.3) is 10.8 Å². The van der Waals surface area contributed by atoms with Crippen molar-refractivity contribution in [1.29, 1.82) is 0 Å². The highest BCUT2D eigenvalue weighted by Gasteiger charge is 2.12. The van der Waals surface area contributed by atoms with Crippen molar-refractivity contribution in [3.8, 4) is 5.75 Å². The summed E-state index contributed by atoms with van der Waals surface area (Å²) in [6, 6.07) is 11.0. The van der Waals surface area contributed by atoms with Crippen LogP contribution in [0.1, 0.15) is 16.1 Å². The Balaban J connectivity index is 1.73. The number of benzene rings is 2. The third kappa shape index (κ3) is 3.03. The molecule has 0 atom stereocenters. The van der Waals surface area contributed by atoms with Crippen LogP contribution < -0.4 is 5.32 Å². The number of nitrogens with one attached hydrogen (secondary N) is 1. The van der Waals surface area contributed by atoms with E-state index < -0.39 is 0 Å². The number of nitrogens with zero attached hydrogens (tertiary/aromatic N) is 1. The Labute approximate surface area is 126 Å². The molecule has 0 aliphatic carbocycles. The maximum Gasteiger partial charge on any atom is 0.255 e. The van der Waals surface area contributed by atoms with Gasteiger partial charge in [0.2, 0.25) is 0 Å². The second-order valence-electron chi connectivity index (χ2n) is 4.70. The van der Waals surface area contributed by atoms with Gasteiger partial charge in [-0.3, -0.25) is 4.79 Å². The van der Waals surface area contributed by atoms with Crippen molar-refractivity contribution < 1.29 is 9.90 Å². The number of aromatic hydroxyl groups is 1. The number of aromatic nitrogens is 1. The fraction of sp³-hybridized carbons (Fsp3) is 0.125. The highest BCUT2D eigenvalue weighted by atomic mass is 32.1. The van der Waals surface area contributed by atoms with Gasteiger partial charge in [-0.25, -0.2) is 4.98 Å². The van der Waals surface area contributed by atoms with Gasteiger partial charge in [0.1, 0.15) is 5.75 Å². The predicted molar refractivity (Wildman–Crippen MR) is 83.8 cm³/mol. The number of phenolic OH excluding ortho intramolecular Hbond substituents is 1. The molecular formula is C16H14N2O2S. The summed E-state index contributed by atoms with van der Waals surface area (Å²) in [7, 11) is 0. The van der Waals surface area contributed by atoms with Crippen LogP contribution in [0.15, 0.2) is 47.3 Å². The van der Waals surface area contributed by atoms with Gasteiger partial charge in [-0.1, -0.05) is 24.3 Å². The van der Waals surface area contributed by atoms with Crippen molar-refractivity contribution in [3.63, 3.8) is 0 Å². The molecule has 0 unspecified atom stereocenters. The van der Waals surface area contributed by atoms with Gasteiger partial charge in [-0.2, -0.15) is 0 Å². The first-order valence-corrected chi connectivity index (χ1v) is 7.55. The first-order valence-electron chi connectivity index (χ1n) is 6.61. The second kappa shape index (κ2) is 5.93. The standard InChI is InChI=1S/C16H14N2O2S/c19-15-8-12-4-2-1-3-11(12)7-14(15)16(20)17-6-5-13-9-21-10-18-13/h1-4,7-10,19H,5-6H2,(H,17,20). The quantitative estimate of drug-likeness (QED) is 0.778. The number of hydrogen-bond acceptors (Lipinski definition) is 4. The normalized spacial score (nSPS) is 10.7. The fourth-order valence-electron chi connectivity index (χ4n) is 2.17. The zero-order valence-corrected chi connectivity index (χ0v) is 12.1. The lowest BCUT2D eigenvalue weighted by Gasteiger charge is -2.08. The number of amides is 1. The average molecular weight is 298 g/mol. The SMILES string of the molecule is O=C(NCCc1cscn1)c1cc2ccccc2cc1O. The zero-order valence-electron chi connectivity index (χ0n) is 11.2. The summed E-state index contributed by atoms with van der Waals surface area (Å²) in [6.07, 6.45) is 0.684. The van der Waals surface area contributed by atoms with Gasteiger partial charge < -0.3 is 10.4 Å². The van der Waals surface area contributed by atoms with Gasteiger partial charge in [0.05, 0.1) is 16.8 Å². The molecule has 0 radical (unpaired) electrons. The first-order chi connectivity index (χ1) is 10.2. The molecule has 3 aromatic rings. The van der Waals surface area contributed by atoms with Crippen LogP contribution in [-0.4, -0.2) is 22.5 Å². The van der Waals surface area contributed by atoms with Crippen LogP contribution in [0.2, 0.25) is 0 Å². The summed E-state index contributed by atoms with van der Waals surface area (Å²) in [4.78, 5) is 16.3. The maximum absolute atomic E-state index is 12.1. The van der Waals surface area contributed by atoms with Crippen LogP contribution in [0.5, 0.6) is 5.75 Å². The summed E-state index contributed by atoms with van der Waals surface area (Å²) >= 11 is 1.53. The van der Waals surface area contributed by atoms with Crippen LogP contribution in [0, 0.1) is 0 Å². The molecule has 0 spiro atoms. The summed E-state index contributed by atoms with van der Waals surface area (Å²) in [6.45, 7) is 0.495. The molecule has 0 bridgehead atoms. The van der Waals surface area contributed by atoms with E-state index in [1.54, 1.807) is 17.6 Å². The number of phenols is 1. The van der Waals surface area contributed by atoms with Crippen LogP contribution >= 0.6 is 11.3 Å². The molecule has 1 amide bonds. The van der Waals surface area contributed by atoms with Crippen molar-refractivity contribution in [2.45, 2.75) is 6.42 Å². The molecule has 0 aliphatic rings. The van der Waals surface area contributed by atoms with E-state index in [1.165, 1.54) is 11.3 Å². The Morgan fingerprint density at radius 1 is 1.24 bits per heavy atom. The van der Waals surface area contributed by atoms with Gasteiger partial charge in [-0.15, -0.1) is 11.3 Å². The van der Waals surface area contributed by atoms with E-state index in [-0.39, 0.29) is 11.7 Å². The average Bonchev–Trinajstić information content (AvgIpc) is 2.99. The Morgan fingerprint density at radius 3 is 2.71 bits per heavy atom. The molecule has 21 heavy (non-hydrogen) atoms.